The first kappa shape index (κ1) is 19.4. The number of nitrogens with zero attached hydrogens (tertiary/aromatic N) is 4. The summed E-state index contributed by atoms with van der Waals surface area (Å²) in [7, 11) is 1.90. The van der Waals surface area contributed by atoms with Crippen LogP contribution in [0, 0.1) is 10.1 Å². The molecule has 2 heterocycles. The molecule has 0 aliphatic heterocycles. The normalized spacial score (nSPS) is 12.2. The summed E-state index contributed by atoms with van der Waals surface area (Å²) in [4.78, 5) is 28.7. The Bertz CT molecular complexity index is 1470. The van der Waals surface area contributed by atoms with Crippen molar-refractivity contribution >= 4 is 33.5 Å². The average molecular weight is 426 g/mol. The lowest BCUT2D eigenvalue weighted by molar-refractivity contribution is -0.384. The average Bonchev–Trinajstić information content (AvgIpc) is 3.39. The largest absolute Gasteiger partial charge is 0.337 e. The number of rotatable bonds is 5. The molecule has 3 aromatic carbocycles. The molecule has 2 N–H and O–H groups in total. The van der Waals surface area contributed by atoms with Gasteiger partial charge in [0.15, 0.2) is 5.69 Å². The van der Waals surface area contributed by atoms with Crippen molar-refractivity contribution in [2.45, 2.75) is 6.04 Å². The number of nitrogens with one attached hydrogen (secondary N) is 2. The SMILES string of the molecule is Cn1c(C(NC(=O)c2n[nH]c3ccc([N+](=O)[O-])cc23)c2ccccc2)nc2ccccc21. The van der Waals surface area contributed by atoms with Gasteiger partial charge >= 0.3 is 0 Å². The Kier molecular flexibility index (Phi) is 4.63. The third-order valence-corrected chi connectivity index (χ3v) is 5.46. The van der Waals surface area contributed by atoms with Crippen molar-refractivity contribution in [2.75, 3.05) is 0 Å². The monoisotopic (exact) mass is 426 g/mol. The maximum absolute atomic E-state index is 13.3. The van der Waals surface area contributed by atoms with Crippen molar-refractivity contribution < 1.29 is 9.72 Å². The van der Waals surface area contributed by atoms with Gasteiger partial charge in [0.25, 0.3) is 11.6 Å². The Balaban J connectivity index is 1.58. The zero-order valence-electron chi connectivity index (χ0n) is 17.0. The molecule has 5 aromatic rings. The number of imidazole rings is 1. The summed E-state index contributed by atoms with van der Waals surface area (Å²) in [6, 6.07) is 21.0. The molecule has 9 nitrogen and oxygen atoms in total. The molecule has 0 aliphatic carbocycles. The van der Waals surface area contributed by atoms with Gasteiger partial charge in [-0.2, -0.15) is 5.10 Å². The Hall–Kier alpha value is -4.53. The number of hydrogen-bond donors (Lipinski definition) is 2. The van der Waals surface area contributed by atoms with E-state index >= 15 is 0 Å². The van der Waals surface area contributed by atoms with Crippen LogP contribution in [-0.4, -0.2) is 30.6 Å². The zero-order chi connectivity index (χ0) is 22.2. The summed E-state index contributed by atoms with van der Waals surface area (Å²) in [6.45, 7) is 0. The number of aryl methyl sites for hydroxylation is 1. The molecule has 0 bridgehead atoms. The molecule has 158 valence electrons. The molecule has 5 rings (SSSR count). The molecule has 0 aliphatic rings. The number of aromatic amines is 1. The number of para-hydroxylation sites is 2. The van der Waals surface area contributed by atoms with Crippen molar-refractivity contribution in [2.24, 2.45) is 7.05 Å². The summed E-state index contributed by atoms with van der Waals surface area (Å²) >= 11 is 0. The molecule has 1 atom stereocenters. The highest BCUT2D eigenvalue weighted by molar-refractivity contribution is 6.05. The van der Waals surface area contributed by atoms with E-state index in [1.807, 2.05) is 66.2 Å². The summed E-state index contributed by atoms with van der Waals surface area (Å²) < 4.78 is 1.95. The third kappa shape index (κ3) is 3.25. The highest BCUT2D eigenvalue weighted by atomic mass is 16.6. The molecular formula is C23H18N6O3. The number of benzene rings is 3. The highest BCUT2D eigenvalue weighted by Crippen LogP contribution is 2.27. The maximum Gasteiger partial charge on any atom is 0.273 e. The second-order valence-electron chi connectivity index (χ2n) is 7.39. The second kappa shape index (κ2) is 7.62. The van der Waals surface area contributed by atoms with Crippen LogP contribution in [0.15, 0.2) is 72.8 Å². The number of carbonyl (C=O) groups excluding carboxylic acids is 1. The van der Waals surface area contributed by atoms with Crippen molar-refractivity contribution in [1.82, 2.24) is 25.1 Å². The standard InChI is InChI=1S/C23H18N6O3/c1-28-19-10-6-5-9-18(19)24-22(28)20(14-7-3-2-4-8-14)25-23(30)21-16-13-15(29(31)32)11-12-17(16)26-27-21/h2-13,20H,1H3,(H,25,30)(H,26,27). The molecule has 2 aromatic heterocycles. The van der Waals surface area contributed by atoms with Gasteiger partial charge in [-0.1, -0.05) is 42.5 Å². The number of H-pyrrole nitrogens is 1. The zero-order valence-corrected chi connectivity index (χ0v) is 17.0. The minimum absolute atomic E-state index is 0.0865. The van der Waals surface area contributed by atoms with Gasteiger partial charge in [-0.25, -0.2) is 4.98 Å². The van der Waals surface area contributed by atoms with E-state index in [4.69, 9.17) is 4.98 Å². The van der Waals surface area contributed by atoms with Gasteiger partial charge in [-0.05, 0) is 23.8 Å². The van der Waals surface area contributed by atoms with E-state index in [-0.39, 0.29) is 11.4 Å². The minimum atomic E-state index is -0.549. The van der Waals surface area contributed by atoms with Crippen LogP contribution in [0.25, 0.3) is 21.9 Å². The van der Waals surface area contributed by atoms with Crippen molar-refractivity contribution in [3.8, 4) is 0 Å². The molecule has 32 heavy (non-hydrogen) atoms. The van der Waals surface area contributed by atoms with Crippen LogP contribution in [0.1, 0.15) is 27.9 Å². The minimum Gasteiger partial charge on any atom is -0.337 e. The fourth-order valence-electron chi connectivity index (χ4n) is 3.85. The lowest BCUT2D eigenvalue weighted by Crippen LogP contribution is -2.31. The molecule has 1 amide bonds. The maximum atomic E-state index is 13.3. The predicted molar refractivity (Wildman–Crippen MR) is 119 cm³/mol. The van der Waals surface area contributed by atoms with Gasteiger partial charge in [0, 0.05) is 24.6 Å². The number of aromatic nitrogens is 4. The van der Waals surface area contributed by atoms with Crippen LogP contribution in [-0.2, 0) is 7.05 Å². The second-order valence-corrected chi connectivity index (χ2v) is 7.39. The lowest BCUT2D eigenvalue weighted by Gasteiger charge is -2.19. The van der Waals surface area contributed by atoms with Gasteiger partial charge in [-0.15, -0.1) is 0 Å². The smallest absolute Gasteiger partial charge is 0.273 e. The Labute approximate surface area is 181 Å². The van der Waals surface area contributed by atoms with E-state index in [1.54, 1.807) is 0 Å². The number of non-ortho nitro benzene ring substituents is 1. The van der Waals surface area contributed by atoms with Crippen molar-refractivity contribution in [1.29, 1.82) is 0 Å². The van der Waals surface area contributed by atoms with E-state index in [2.05, 4.69) is 15.5 Å². The number of nitro groups is 1. The van der Waals surface area contributed by atoms with E-state index < -0.39 is 16.9 Å². The lowest BCUT2D eigenvalue weighted by atomic mass is 10.1. The highest BCUT2D eigenvalue weighted by Gasteiger charge is 2.25. The van der Waals surface area contributed by atoms with Crippen LogP contribution in [0.5, 0.6) is 0 Å². The van der Waals surface area contributed by atoms with Crippen molar-refractivity contribution in [3.63, 3.8) is 0 Å². The van der Waals surface area contributed by atoms with Crippen molar-refractivity contribution in [3.05, 3.63) is 100.0 Å². The summed E-state index contributed by atoms with van der Waals surface area (Å²) in [6.07, 6.45) is 0. The molecule has 0 spiro atoms. The first-order chi connectivity index (χ1) is 15.5. The Morgan fingerprint density at radius 3 is 2.59 bits per heavy atom. The Morgan fingerprint density at radius 1 is 1.09 bits per heavy atom. The van der Waals surface area contributed by atoms with Gasteiger partial charge < -0.3 is 9.88 Å². The predicted octanol–water partition coefficient (Wildman–Crippen LogP) is 3.88. The summed E-state index contributed by atoms with van der Waals surface area (Å²) in [5.74, 6) is 0.203. The molecule has 0 saturated carbocycles. The van der Waals surface area contributed by atoms with Gasteiger partial charge in [-0.3, -0.25) is 20.0 Å². The van der Waals surface area contributed by atoms with Crippen LogP contribution < -0.4 is 5.32 Å². The molecule has 0 saturated heterocycles. The quantitative estimate of drug-likeness (QED) is 0.327. The molecular weight excluding hydrogens is 408 g/mol. The van der Waals surface area contributed by atoms with Crippen LogP contribution in [0.4, 0.5) is 5.69 Å². The third-order valence-electron chi connectivity index (χ3n) is 5.46. The van der Waals surface area contributed by atoms with Gasteiger partial charge in [0.05, 0.1) is 21.5 Å². The summed E-state index contributed by atoms with van der Waals surface area (Å²) in [5.41, 5.74) is 3.13. The Morgan fingerprint density at radius 2 is 1.84 bits per heavy atom. The number of nitro benzene ring substituents is 1. The summed E-state index contributed by atoms with van der Waals surface area (Å²) in [5, 5.41) is 21.5. The molecule has 0 fully saturated rings. The topological polar surface area (TPSA) is 119 Å². The number of fused-ring (bicyclic) bond motifs is 2. The van der Waals surface area contributed by atoms with Gasteiger partial charge in [0.2, 0.25) is 0 Å². The first-order valence-electron chi connectivity index (χ1n) is 9.92. The fourth-order valence-corrected chi connectivity index (χ4v) is 3.85. The number of carbonyl (C=O) groups is 1. The van der Waals surface area contributed by atoms with Crippen LogP contribution in [0.3, 0.4) is 0 Å². The first-order valence-corrected chi connectivity index (χ1v) is 9.92. The van der Waals surface area contributed by atoms with E-state index in [0.717, 1.165) is 16.6 Å². The number of amides is 1. The van der Waals surface area contributed by atoms with E-state index in [1.165, 1.54) is 18.2 Å². The molecule has 1 unspecified atom stereocenters. The number of hydrogen-bond acceptors (Lipinski definition) is 5. The van der Waals surface area contributed by atoms with E-state index in [0.29, 0.717) is 16.7 Å². The van der Waals surface area contributed by atoms with Gasteiger partial charge in [0.1, 0.15) is 11.9 Å². The molecule has 0 radical (unpaired) electrons. The van der Waals surface area contributed by atoms with E-state index in [9.17, 15) is 14.9 Å². The van der Waals surface area contributed by atoms with Crippen LogP contribution in [0.2, 0.25) is 0 Å². The molecule has 9 heteroatoms. The van der Waals surface area contributed by atoms with Crippen LogP contribution >= 0.6 is 0 Å². The fraction of sp³-hybridized carbons (Fsp3) is 0.0870.